The maximum absolute atomic E-state index is 11.7. The van der Waals surface area contributed by atoms with Crippen molar-refractivity contribution in [1.29, 1.82) is 0 Å². The molecule has 0 fully saturated rings. The van der Waals surface area contributed by atoms with Gasteiger partial charge in [-0.1, -0.05) is 24.3 Å². The Morgan fingerprint density at radius 3 is 2.65 bits per heavy atom. The zero-order valence-electron chi connectivity index (χ0n) is 9.48. The minimum Gasteiger partial charge on any atom is -0.330 e. The van der Waals surface area contributed by atoms with E-state index in [1.54, 1.807) is 0 Å². The van der Waals surface area contributed by atoms with E-state index in [0.29, 0.717) is 13.1 Å². The van der Waals surface area contributed by atoms with Gasteiger partial charge in [-0.05, 0) is 24.0 Å². The third-order valence-electron chi connectivity index (χ3n) is 2.97. The summed E-state index contributed by atoms with van der Waals surface area (Å²) in [5.41, 5.74) is 4.22. The Labute approximate surface area is 99.6 Å². The second-order valence-electron chi connectivity index (χ2n) is 4.07. The van der Waals surface area contributed by atoms with Crippen molar-refractivity contribution in [2.45, 2.75) is 19.4 Å². The van der Waals surface area contributed by atoms with Crippen LogP contribution in [-0.2, 0) is 22.6 Å². The summed E-state index contributed by atoms with van der Waals surface area (Å²) in [4.78, 5) is 24.5. The molecule has 3 N–H and O–H groups in total. The standard InChI is InChI=1S/C12H15N3O2/c13-14-11(16)12(17)15-7-3-6-9-4-1-2-5-10(9)8-15/h1-2,4-5H,3,6-8,13H2,(H,14,16). The van der Waals surface area contributed by atoms with E-state index < -0.39 is 11.8 Å². The highest BCUT2D eigenvalue weighted by Gasteiger charge is 2.23. The van der Waals surface area contributed by atoms with Crippen molar-refractivity contribution in [3.63, 3.8) is 0 Å². The number of hydrogen-bond donors (Lipinski definition) is 2. The normalized spacial score (nSPS) is 14.8. The molecular formula is C12H15N3O2. The van der Waals surface area contributed by atoms with Crippen molar-refractivity contribution in [3.8, 4) is 0 Å². The molecular weight excluding hydrogens is 218 g/mol. The van der Waals surface area contributed by atoms with Crippen molar-refractivity contribution < 1.29 is 9.59 Å². The molecule has 0 radical (unpaired) electrons. The highest BCUT2D eigenvalue weighted by Crippen LogP contribution is 2.18. The van der Waals surface area contributed by atoms with Crippen LogP contribution in [0.15, 0.2) is 24.3 Å². The number of benzene rings is 1. The van der Waals surface area contributed by atoms with Crippen LogP contribution in [0, 0.1) is 0 Å². The predicted molar refractivity (Wildman–Crippen MR) is 62.5 cm³/mol. The van der Waals surface area contributed by atoms with Crippen LogP contribution in [-0.4, -0.2) is 23.3 Å². The Morgan fingerprint density at radius 1 is 1.24 bits per heavy atom. The van der Waals surface area contributed by atoms with Gasteiger partial charge in [0, 0.05) is 13.1 Å². The van der Waals surface area contributed by atoms with Gasteiger partial charge in [-0.15, -0.1) is 0 Å². The van der Waals surface area contributed by atoms with E-state index in [-0.39, 0.29) is 0 Å². The molecule has 2 rings (SSSR count). The van der Waals surface area contributed by atoms with E-state index in [4.69, 9.17) is 5.84 Å². The molecule has 0 saturated carbocycles. The van der Waals surface area contributed by atoms with E-state index in [1.165, 1.54) is 10.5 Å². The van der Waals surface area contributed by atoms with Crippen LogP contribution < -0.4 is 11.3 Å². The zero-order valence-corrected chi connectivity index (χ0v) is 9.48. The lowest BCUT2D eigenvalue weighted by Crippen LogP contribution is -2.45. The molecule has 1 aromatic rings. The average Bonchev–Trinajstić information content (AvgIpc) is 2.58. The number of nitrogens with zero attached hydrogens (tertiary/aromatic N) is 1. The summed E-state index contributed by atoms with van der Waals surface area (Å²) in [6.07, 6.45) is 1.80. The van der Waals surface area contributed by atoms with Gasteiger partial charge in [0.05, 0.1) is 0 Å². The summed E-state index contributed by atoms with van der Waals surface area (Å²) in [6.45, 7) is 1.06. The van der Waals surface area contributed by atoms with Gasteiger partial charge < -0.3 is 4.90 Å². The molecule has 0 saturated heterocycles. The number of nitrogens with one attached hydrogen (secondary N) is 1. The van der Waals surface area contributed by atoms with Crippen molar-refractivity contribution in [3.05, 3.63) is 35.4 Å². The topological polar surface area (TPSA) is 75.4 Å². The number of fused-ring (bicyclic) bond motifs is 1. The Balaban J connectivity index is 2.18. The molecule has 1 aliphatic heterocycles. The quantitative estimate of drug-likeness (QED) is 0.285. The molecule has 0 atom stereocenters. The van der Waals surface area contributed by atoms with Crippen molar-refractivity contribution in [2.24, 2.45) is 5.84 Å². The monoisotopic (exact) mass is 233 g/mol. The number of hydrogen-bond acceptors (Lipinski definition) is 3. The fraction of sp³-hybridized carbons (Fsp3) is 0.333. The van der Waals surface area contributed by atoms with Crippen LogP contribution in [0.25, 0.3) is 0 Å². The first-order chi connectivity index (χ1) is 8.22. The largest absolute Gasteiger partial charge is 0.330 e. The molecule has 5 nitrogen and oxygen atoms in total. The van der Waals surface area contributed by atoms with Gasteiger partial charge in [0.25, 0.3) is 0 Å². The highest BCUT2D eigenvalue weighted by atomic mass is 16.2. The van der Waals surface area contributed by atoms with Crippen LogP contribution in [0.1, 0.15) is 17.5 Å². The first-order valence-electron chi connectivity index (χ1n) is 5.59. The lowest BCUT2D eigenvalue weighted by atomic mass is 10.0. The Morgan fingerprint density at radius 2 is 1.94 bits per heavy atom. The average molecular weight is 233 g/mol. The molecule has 2 amide bonds. The summed E-state index contributed by atoms with van der Waals surface area (Å²) < 4.78 is 0. The van der Waals surface area contributed by atoms with Crippen molar-refractivity contribution >= 4 is 11.8 Å². The summed E-state index contributed by atoms with van der Waals surface area (Å²) in [5.74, 6) is 3.64. The molecule has 0 aromatic heterocycles. The SMILES string of the molecule is NNC(=O)C(=O)N1CCCc2ccccc2C1. The third-order valence-corrected chi connectivity index (χ3v) is 2.97. The van der Waals surface area contributed by atoms with Gasteiger partial charge >= 0.3 is 11.8 Å². The van der Waals surface area contributed by atoms with Crippen LogP contribution >= 0.6 is 0 Å². The predicted octanol–water partition coefficient (Wildman–Crippen LogP) is -0.0487. The highest BCUT2D eigenvalue weighted by molar-refractivity contribution is 6.34. The zero-order chi connectivity index (χ0) is 12.3. The number of nitrogens with two attached hydrogens (primary N) is 1. The summed E-state index contributed by atoms with van der Waals surface area (Å²) in [5, 5.41) is 0. The summed E-state index contributed by atoms with van der Waals surface area (Å²) in [6, 6.07) is 7.98. The number of hydrazine groups is 1. The van der Waals surface area contributed by atoms with E-state index in [9.17, 15) is 9.59 Å². The van der Waals surface area contributed by atoms with Crippen LogP contribution in [0.5, 0.6) is 0 Å². The molecule has 0 aliphatic carbocycles. The first kappa shape index (κ1) is 11.6. The summed E-state index contributed by atoms with van der Waals surface area (Å²) in [7, 11) is 0. The number of carbonyl (C=O) groups excluding carboxylic acids is 2. The van der Waals surface area contributed by atoms with E-state index in [0.717, 1.165) is 18.4 Å². The van der Waals surface area contributed by atoms with Gasteiger partial charge in [-0.2, -0.15) is 0 Å². The van der Waals surface area contributed by atoms with E-state index >= 15 is 0 Å². The number of carbonyl (C=O) groups is 2. The smallest absolute Gasteiger partial charge is 0.323 e. The Hall–Kier alpha value is -1.88. The molecule has 1 aromatic carbocycles. The molecule has 1 aliphatic rings. The molecule has 5 heteroatoms. The van der Waals surface area contributed by atoms with Gasteiger partial charge in [0.1, 0.15) is 0 Å². The van der Waals surface area contributed by atoms with E-state index in [2.05, 4.69) is 6.07 Å². The fourth-order valence-electron chi connectivity index (χ4n) is 2.08. The van der Waals surface area contributed by atoms with Gasteiger partial charge in [-0.25, -0.2) is 5.84 Å². The molecule has 17 heavy (non-hydrogen) atoms. The minimum atomic E-state index is -0.760. The van der Waals surface area contributed by atoms with Crippen LogP contribution in [0.4, 0.5) is 0 Å². The number of rotatable bonds is 0. The molecule has 90 valence electrons. The van der Waals surface area contributed by atoms with Gasteiger partial charge in [-0.3, -0.25) is 15.0 Å². The van der Waals surface area contributed by atoms with Gasteiger partial charge in [0.15, 0.2) is 0 Å². The number of amides is 2. The lowest BCUT2D eigenvalue weighted by Gasteiger charge is -2.19. The maximum atomic E-state index is 11.7. The van der Waals surface area contributed by atoms with Gasteiger partial charge in [0.2, 0.25) is 0 Å². The number of aryl methyl sites for hydroxylation is 1. The third kappa shape index (κ3) is 2.45. The second kappa shape index (κ2) is 4.97. The fourth-order valence-corrected chi connectivity index (χ4v) is 2.08. The lowest BCUT2D eigenvalue weighted by molar-refractivity contribution is -0.146. The Kier molecular flexibility index (Phi) is 3.39. The molecule has 0 spiro atoms. The van der Waals surface area contributed by atoms with E-state index in [1.807, 2.05) is 23.6 Å². The van der Waals surface area contributed by atoms with Crippen molar-refractivity contribution in [2.75, 3.05) is 6.54 Å². The Bertz CT molecular complexity index is 445. The second-order valence-corrected chi connectivity index (χ2v) is 4.07. The van der Waals surface area contributed by atoms with Crippen LogP contribution in [0.3, 0.4) is 0 Å². The van der Waals surface area contributed by atoms with Crippen molar-refractivity contribution in [1.82, 2.24) is 10.3 Å². The molecule has 0 unspecified atom stereocenters. The molecule has 1 heterocycles. The molecule has 0 bridgehead atoms. The van der Waals surface area contributed by atoms with Crippen LogP contribution in [0.2, 0.25) is 0 Å². The maximum Gasteiger partial charge on any atom is 0.323 e. The summed E-state index contributed by atoms with van der Waals surface area (Å²) >= 11 is 0. The first-order valence-corrected chi connectivity index (χ1v) is 5.59. The minimum absolute atomic E-state index is 0.475.